The number of hydrazine groups is 1. The first-order valence-electron chi connectivity index (χ1n) is 12.3. The number of halogens is 3. The van der Waals surface area contributed by atoms with Gasteiger partial charge in [0, 0.05) is 24.9 Å². The van der Waals surface area contributed by atoms with E-state index in [4.69, 9.17) is 4.74 Å². The summed E-state index contributed by atoms with van der Waals surface area (Å²) in [5.74, 6) is -0.691. The van der Waals surface area contributed by atoms with Gasteiger partial charge in [0.15, 0.2) is 0 Å². The molecular weight excluding hydrogens is 461 g/mol. The van der Waals surface area contributed by atoms with Gasteiger partial charge in [-0.1, -0.05) is 12.1 Å². The molecule has 4 aliphatic rings. The Morgan fingerprint density at radius 2 is 1.89 bits per heavy atom. The summed E-state index contributed by atoms with van der Waals surface area (Å²) in [5, 5.41) is 17.9. The minimum atomic E-state index is -4.35. The molecule has 0 saturated carbocycles. The van der Waals surface area contributed by atoms with Gasteiger partial charge in [-0.2, -0.15) is 18.4 Å². The molecule has 0 aliphatic carbocycles. The number of nitriles is 1. The fourth-order valence-electron chi connectivity index (χ4n) is 6.00. The second kappa shape index (κ2) is 9.93. The summed E-state index contributed by atoms with van der Waals surface area (Å²) in [6, 6.07) is 6.82. The molecule has 5 rings (SSSR count). The highest BCUT2D eigenvalue weighted by Gasteiger charge is 2.51. The number of nitrogens with zero attached hydrogens (tertiary/aromatic N) is 3. The van der Waals surface area contributed by atoms with Crippen LogP contribution in [0.2, 0.25) is 0 Å². The Morgan fingerprint density at radius 3 is 2.57 bits per heavy atom. The summed E-state index contributed by atoms with van der Waals surface area (Å²) in [5.41, 5.74) is 4.24. The van der Waals surface area contributed by atoms with E-state index >= 15 is 0 Å². The second-order valence-corrected chi connectivity index (χ2v) is 9.81. The molecule has 4 unspecified atom stereocenters. The van der Waals surface area contributed by atoms with Crippen LogP contribution in [0.25, 0.3) is 0 Å². The van der Waals surface area contributed by atoms with E-state index in [0.29, 0.717) is 45.0 Å². The van der Waals surface area contributed by atoms with Crippen LogP contribution >= 0.6 is 0 Å². The zero-order valence-corrected chi connectivity index (χ0v) is 19.4. The molecule has 11 heteroatoms. The van der Waals surface area contributed by atoms with Crippen molar-refractivity contribution < 1.29 is 22.7 Å². The fourth-order valence-corrected chi connectivity index (χ4v) is 6.00. The number of hydrogen-bond donors (Lipinski definition) is 3. The summed E-state index contributed by atoms with van der Waals surface area (Å²) < 4.78 is 47.2. The number of anilines is 1. The normalized spacial score (nSPS) is 33.1. The third-order valence-corrected chi connectivity index (χ3v) is 7.68. The molecule has 4 aliphatic heterocycles. The summed E-state index contributed by atoms with van der Waals surface area (Å²) in [6.07, 6.45) is -1.87. The Balaban J connectivity index is 1.34. The lowest BCUT2D eigenvalue weighted by Crippen LogP contribution is -2.56. The number of ether oxygens (including phenoxy) is 1. The standard InChI is InChI=1S/C24H31F3N6O2/c25-24(26,27)21(32-10-1-2-11-32)15-3-5-17(6-4-15)30-22-20-18(7-9-29-23(20)34)33(31-22)19-14-35-12-8-16(19)13-28/h3-6,16,18-22,30-31H,1-2,7-12,14H2,(H,29,34)/t16-,18?,19+,20?,21?,22?/m1/s1. The van der Waals surface area contributed by atoms with Crippen molar-refractivity contribution in [3.05, 3.63) is 29.8 Å². The lowest BCUT2D eigenvalue weighted by atomic mass is 9.88. The van der Waals surface area contributed by atoms with Crippen LogP contribution in [0.3, 0.4) is 0 Å². The van der Waals surface area contributed by atoms with Gasteiger partial charge in [0.05, 0.1) is 30.6 Å². The number of benzene rings is 1. The highest BCUT2D eigenvalue weighted by molar-refractivity contribution is 5.82. The molecule has 1 aromatic rings. The van der Waals surface area contributed by atoms with Crippen molar-refractivity contribution in [3.63, 3.8) is 0 Å². The number of alkyl halides is 3. The second-order valence-electron chi connectivity index (χ2n) is 9.81. The van der Waals surface area contributed by atoms with Crippen molar-refractivity contribution in [2.45, 2.75) is 56.2 Å². The van der Waals surface area contributed by atoms with E-state index in [2.05, 4.69) is 22.1 Å². The molecule has 4 heterocycles. The quantitative estimate of drug-likeness (QED) is 0.581. The zero-order chi connectivity index (χ0) is 24.6. The van der Waals surface area contributed by atoms with E-state index in [1.54, 1.807) is 12.1 Å². The molecule has 4 saturated heterocycles. The van der Waals surface area contributed by atoms with Crippen LogP contribution in [0.5, 0.6) is 0 Å². The number of carbonyl (C=O) groups is 1. The zero-order valence-electron chi connectivity index (χ0n) is 19.4. The molecule has 0 aromatic heterocycles. The predicted octanol–water partition coefficient (Wildman–Crippen LogP) is 2.38. The van der Waals surface area contributed by atoms with Gasteiger partial charge in [-0.3, -0.25) is 9.69 Å². The highest BCUT2D eigenvalue weighted by Crippen LogP contribution is 2.40. The van der Waals surface area contributed by atoms with E-state index in [1.165, 1.54) is 17.0 Å². The molecule has 4 fully saturated rings. The molecule has 1 aromatic carbocycles. The number of carbonyl (C=O) groups excluding carboxylic acids is 1. The lowest BCUT2D eigenvalue weighted by molar-refractivity contribution is -0.183. The Kier molecular flexibility index (Phi) is 6.90. The Labute approximate surface area is 202 Å². The van der Waals surface area contributed by atoms with Crippen LogP contribution in [-0.2, 0) is 9.53 Å². The van der Waals surface area contributed by atoms with Crippen LogP contribution in [0.4, 0.5) is 18.9 Å². The van der Waals surface area contributed by atoms with Crippen molar-refractivity contribution in [2.75, 3.05) is 38.2 Å². The van der Waals surface area contributed by atoms with E-state index in [-0.39, 0.29) is 29.5 Å². The lowest BCUT2D eigenvalue weighted by Gasteiger charge is -2.39. The minimum absolute atomic E-state index is 0.0817. The largest absolute Gasteiger partial charge is 0.408 e. The first-order chi connectivity index (χ1) is 16.9. The van der Waals surface area contributed by atoms with Crippen LogP contribution in [0.15, 0.2) is 24.3 Å². The van der Waals surface area contributed by atoms with Crippen LogP contribution in [-0.4, -0.2) is 73.1 Å². The molecular formula is C24H31F3N6O2. The number of hydrogen-bond acceptors (Lipinski definition) is 7. The van der Waals surface area contributed by atoms with Crippen molar-refractivity contribution in [1.82, 2.24) is 20.7 Å². The topological polar surface area (TPSA) is 92.7 Å². The molecule has 190 valence electrons. The first-order valence-corrected chi connectivity index (χ1v) is 12.3. The fraction of sp³-hybridized carbons (Fsp3) is 0.667. The van der Waals surface area contributed by atoms with Crippen LogP contribution in [0, 0.1) is 23.2 Å². The average Bonchev–Trinajstić information content (AvgIpc) is 3.48. The average molecular weight is 493 g/mol. The Hall–Kier alpha value is -2.39. The van der Waals surface area contributed by atoms with Crippen molar-refractivity contribution in [3.8, 4) is 6.07 Å². The maximum absolute atomic E-state index is 13.8. The molecule has 1 amide bonds. The number of likely N-dealkylation sites (tertiary alicyclic amines) is 1. The number of piperidine rings is 1. The smallest absolute Gasteiger partial charge is 0.380 e. The highest BCUT2D eigenvalue weighted by atomic mass is 19.4. The molecule has 35 heavy (non-hydrogen) atoms. The number of rotatable bonds is 5. The van der Waals surface area contributed by atoms with Crippen molar-refractivity contribution in [1.29, 1.82) is 5.26 Å². The van der Waals surface area contributed by atoms with E-state index < -0.39 is 24.3 Å². The van der Waals surface area contributed by atoms with Crippen molar-refractivity contribution >= 4 is 11.6 Å². The number of fused-ring (bicyclic) bond motifs is 1. The molecule has 0 spiro atoms. The molecule has 3 N–H and O–H groups in total. The molecule has 0 radical (unpaired) electrons. The van der Waals surface area contributed by atoms with Gasteiger partial charge in [0.25, 0.3) is 0 Å². The molecule has 8 nitrogen and oxygen atoms in total. The molecule has 0 bridgehead atoms. The maximum Gasteiger partial charge on any atom is 0.408 e. The Bertz CT molecular complexity index is 946. The molecule has 6 atom stereocenters. The van der Waals surface area contributed by atoms with E-state index in [0.717, 1.165) is 19.3 Å². The van der Waals surface area contributed by atoms with Crippen LogP contribution in [0.1, 0.15) is 37.3 Å². The maximum atomic E-state index is 13.8. The third kappa shape index (κ3) is 4.85. The monoisotopic (exact) mass is 492 g/mol. The van der Waals surface area contributed by atoms with Crippen molar-refractivity contribution in [2.24, 2.45) is 11.8 Å². The minimum Gasteiger partial charge on any atom is -0.380 e. The van der Waals surface area contributed by atoms with Gasteiger partial charge in [-0.25, -0.2) is 10.4 Å². The van der Waals surface area contributed by atoms with Gasteiger partial charge in [0.2, 0.25) is 5.91 Å². The van der Waals surface area contributed by atoms with Gasteiger partial charge in [0.1, 0.15) is 12.2 Å². The van der Waals surface area contributed by atoms with Crippen LogP contribution < -0.4 is 16.1 Å². The van der Waals surface area contributed by atoms with Gasteiger partial charge in [-0.15, -0.1) is 0 Å². The Morgan fingerprint density at radius 1 is 1.14 bits per heavy atom. The van der Waals surface area contributed by atoms with E-state index in [9.17, 15) is 23.2 Å². The third-order valence-electron chi connectivity index (χ3n) is 7.68. The number of amides is 1. The van der Waals surface area contributed by atoms with E-state index in [1.807, 2.05) is 5.01 Å². The first kappa shape index (κ1) is 24.3. The summed E-state index contributed by atoms with van der Waals surface area (Å²) in [4.78, 5) is 14.3. The van der Waals surface area contributed by atoms with Gasteiger partial charge < -0.3 is 15.4 Å². The number of nitrogens with one attached hydrogen (secondary N) is 3. The summed E-state index contributed by atoms with van der Waals surface area (Å²) >= 11 is 0. The summed E-state index contributed by atoms with van der Waals surface area (Å²) in [7, 11) is 0. The SMILES string of the molecule is N#C[C@H]1CCOC[C@@H]1N1NC(Nc2ccc(C(N3CCCC3)C(F)(F)F)cc2)C2C(=O)NCCC21. The van der Waals surface area contributed by atoms with Gasteiger partial charge in [-0.05, 0) is 56.5 Å². The predicted molar refractivity (Wildman–Crippen MR) is 122 cm³/mol. The van der Waals surface area contributed by atoms with Gasteiger partial charge >= 0.3 is 6.18 Å². The summed E-state index contributed by atoms with van der Waals surface area (Å²) in [6.45, 7) is 2.39.